The lowest BCUT2D eigenvalue weighted by Crippen LogP contribution is -2.62. The standard InChI is InChI=1S/C18H25N3/c19-13-17(16-7-3-1-4-8-16)14-21-12-11-20-15-18(21)9-5-2-6-10-18/h1,3-4,7-8,17,20H,2,5-6,9-12,14-15H2. The van der Waals surface area contributed by atoms with Crippen molar-refractivity contribution >= 4 is 0 Å². The fourth-order valence-electron chi connectivity index (χ4n) is 4.00. The van der Waals surface area contributed by atoms with Crippen LogP contribution in [0.4, 0.5) is 0 Å². The summed E-state index contributed by atoms with van der Waals surface area (Å²) in [5.74, 6) is -0.0110. The summed E-state index contributed by atoms with van der Waals surface area (Å²) in [4.78, 5) is 2.61. The molecule has 3 nitrogen and oxygen atoms in total. The molecule has 1 aliphatic carbocycles. The lowest BCUT2D eigenvalue weighted by atomic mass is 9.78. The molecule has 112 valence electrons. The molecule has 1 aromatic carbocycles. The Morgan fingerprint density at radius 1 is 1.19 bits per heavy atom. The lowest BCUT2D eigenvalue weighted by Gasteiger charge is -2.50. The van der Waals surface area contributed by atoms with Gasteiger partial charge in [-0.15, -0.1) is 0 Å². The first-order chi connectivity index (χ1) is 10.3. The summed E-state index contributed by atoms with van der Waals surface area (Å²) in [5, 5.41) is 13.2. The zero-order valence-electron chi connectivity index (χ0n) is 12.7. The van der Waals surface area contributed by atoms with Crippen LogP contribution in [0.1, 0.15) is 43.6 Å². The van der Waals surface area contributed by atoms with E-state index < -0.39 is 0 Å². The van der Waals surface area contributed by atoms with Gasteiger partial charge in [0.25, 0.3) is 0 Å². The van der Waals surface area contributed by atoms with Crippen molar-refractivity contribution in [3.05, 3.63) is 35.9 Å². The average Bonchev–Trinajstić information content (AvgIpc) is 2.56. The normalized spacial score (nSPS) is 23.6. The number of piperazine rings is 1. The average molecular weight is 283 g/mol. The van der Waals surface area contributed by atoms with Gasteiger partial charge in [-0.3, -0.25) is 4.90 Å². The van der Waals surface area contributed by atoms with Gasteiger partial charge < -0.3 is 5.32 Å². The van der Waals surface area contributed by atoms with Gasteiger partial charge in [-0.1, -0.05) is 49.6 Å². The van der Waals surface area contributed by atoms with Gasteiger partial charge >= 0.3 is 0 Å². The number of benzene rings is 1. The monoisotopic (exact) mass is 283 g/mol. The molecule has 0 radical (unpaired) electrons. The van der Waals surface area contributed by atoms with Crippen molar-refractivity contribution in [3.8, 4) is 6.07 Å². The van der Waals surface area contributed by atoms with E-state index in [0.717, 1.165) is 31.7 Å². The van der Waals surface area contributed by atoms with Gasteiger partial charge in [-0.05, 0) is 18.4 Å². The third kappa shape index (κ3) is 3.12. The van der Waals surface area contributed by atoms with Crippen LogP contribution in [0, 0.1) is 11.3 Å². The zero-order valence-corrected chi connectivity index (χ0v) is 12.7. The first-order valence-corrected chi connectivity index (χ1v) is 8.24. The van der Waals surface area contributed by atoms with E-state index in [1.165, 1.54) is 32.1 Å². The van der Waals surface area contributed by atoms with E-state index in [0.29, 0.717) is 5.54 Å². The van der Waals surface area contributed by atoms with Gasteiger partial charge in [-0.2, -0.15) is 5.26 Å². The van der Waals surface area contributed by atoms with Gasteiger partial charge in [-0.25, -0.2) is 0 Å². The molecule has 1 spiro atoms. The summed E-state index contributed by atoms with van der Waals surface area (Å²) in [6.45, 7) is 4.10. The van der Waals surface area contributed by atoms with Crippen LogP contribution >= 0.6 is 0 Å². The van der Waals surface area contributed by atoms with Gasteiger partial charge in [0.15, 0.2) is 0 Å². The Kier molecular flexibility index (Phi) is 4.57. The summed E-state index contributed by atoms with van der Waals surface area (Å²) in [6.07, 6.45) is 6.61. The van der Waals surface area contributed by atoms with Crippen molar-refractivity contribution in [1.29, 1.82) is 5.26 Å². The second-order valence-corrected chi connectivity index (χ2v) is 6.50. The van der Waals surface area contributed by atoms with Crippen LogP contribution in [0.2, 0.25) is 0 Å². The molecule has 3 heteroatoms. The van der Waals surface area contributed by atoms with Crippen LogP contribution in [0.25, 0.3) is 0 Å². The van der Waals surface area contributed by atoms with Gasteiger partial charge in [0.05, 0.1) is 12.0 Å². The fourth-order valence-corrected chi connectivity index (χ4v) is 4.00. The molecule has 2 aliphatic rings. The fraction of sp³-hybridized carbons (Fsp3) is 0.611. The van der Waals surface area contributed by atoms with E-state index in [1.807, 2.05) is 18.2 Å². The second kappa shape index (κ2) is 6.60. The Morgan fingerprint density at radius 3 is 2.67 bits per heavy atom. The Hall–Kier alpha value is -1.37. The Labute approximate surface area is 128 Å². The molecule has 1 N–H and O–H groups in total. The maximum Gasteiger partial charge on any atom is 0.0839 e. The highest BCUT2D eigenvalue weighted by Gasteiger charge is 2.40. The lowest BCUT2D eigenvalue weighted by molar-refractivity contribution is 0.0261. The molecule has 2 fully saturated rings. The first-order valence-electron chi connectivity index (χ1n) is 8.24. The molecule has 1 atom stereocenters. The molecule has 3 rings (SSSR count). The van der Waals surface area contributed by atoms with Crippen LogP contribution in [0.3, 0.4) is 0 Å². The molecule has 1 aromatic rings. The minimum Gasteiger partial charge on any atom is -0.314 e. The summed E-state index contributed by atoms with van der Waals surface area (Å²) >= 11 is 0. The molecule has 1 saturated heterocycles. The third-order valence-corrected chi connectivity index (χ3v) is 5.23. The number of nitrogens with zero attached hydrogens (tertiary/aromatic N) is 2. The van der Waals surface area contributed by atoms with Crippen LogP contribution in [-0.4, -0.2) is 36.6 Å². The predicted molar refractivity (Wildman–Crippen MR) is 85.1 cm³/mol. The van der Waals surface area contributed by atoms with E-state index in [-0.39, 0.29) is 5.92 Å². The van der Waals surface area contributed by atoms with Crippen molar-refractivity contribution < 1.29 is 0 Å². The van der Waals surface area contributed by atoms with E-state index in [2.05, 4.69) is 28.4 Å². The highest BCUT2D eigenvalue weighted by Crippen LogP contribution is 2.35. The van der Waals surface area contributed by atoms with Crippen LogP contribution < -0.4 is 5.32 Å². The van der Waals surface area contributed by atoms with Crippen molar-refractivity contribution in [2.45, 2.75) is 43.6 Å². The van der Waals surface area contributed by atoms with E-state index in [9.17, 15) is 5.26 Å². The molecular formula is C18H25N3. The highest BCUT2D eigenvalue weighted by atomic mass is 15.3. The highest BCUT2D eigenvalue weighted by molar-refractivity contribution is 5.25. The van der Waals surface area contributed by atoms with Gasteiger partial charge in [0, 0.05) is 31.7 Å². The maximum absolute atomic E-state index is 9.60. The molecule has 0 aromatic heterocycles. The van der Waals surface area contributed by atoms with E-state index in [4.69, 9.17) is 0 Å². The van der Waals surface area contributed by atoms with Crippen LogP contribution in [-0.2, 0) is 0 Å². The smallest absolute Gasteiger partial charge is 0.0839 e. The molecule has 0 amide bonds. The van der Waals surface area contributed by atoms with Crippen molar-refractivity contribution in [3.63, 3.8) is 0 Å². The number of hydrogen-bond donors (Lipinski definition) is 1. The molecule has 1 saturated carbocycles. The minimum atomic E-state index is -0.0110. The molecule has 21 heavy (non-hydrogen) atoms. The molecular weight excluding hydrogens is 258 g/mol. The summed E-state index contributed by atoms with van der Waals surface area (Å²) < 4.78 is 0. The van der Waals surface area contributed by atoms with Crippen molar-refractivity contribution in [2.24, 2.45) is 0 Å². The number of nitrogens with one attached hydrogen (secondary N) is 1. The Balaban J connectivity index is 1.76. The zero-order chi connectivity index (χ0) is 14.5. The van der Waals surface area contributed by atoms with Crippen LogP contribution in [0.15, 0.2) is 30.3 Å². The number of hydrogen-bond acceptors (Lipinski definition) is 3. The summed E-state index contributed by atoms with van der Waals surface area (Å²) in [6, 6.07) is 12.8. The third-order valence-electron chi connectivity index (χ3n) is 5.23. The predicted octanol–water partition coefficient (Wildman–Crippen LogP) is 2.90. The first kappa shape index (κ1) is 14.6. The van der Waals surface area contributed by atoms with Crippen LogP contribution in [0.5, 0.6) is 0 Å². The largest absolute Gasteiger partial charge is 0.314 e. The second-order valence-electron chi connectivity index (χ2n) is 6.50. The molecule has 1 aliphatic heterocycles. The van der Waals surface area contributed by atoms with Crippen molar-refractivity contribution in [1.82, 2.24) is 10.2 Å². The van der Waals surface area contributed by atoms with Gasteiger partial charge in [0.2, 0.25) is 0 Å². The van der Waals surface area contributed by atoms with E-state index in [1.54, 1.807) is 0 Å². The maximum atomic E-state index is 9.60. The van der Waals surface area contributed by atoms with E-state index >= 15 is 0 Å². The molecule has 1 unspecified atom stereocenters. The van der Waals surface area contributed by atoms with Crippen molar-refractivity contribution in [2.75, 3.05) is 26.2 Å². The molecule has 1 heterocycles. The minimum absolute atomic E-state index is 0.0110. The quantitative estimate of drug-likeness (QED) is 0.927. The summed E-state index contributed by atoms with van der Waals surface area (Å²) in [5.41, 5.74) is 1.46. The number of nitriles is 1. The Bertz CT molecular complexity index is 477. The number of rotatable bonds is 3. The Morgan fingerprint density at radius 2 is 1.95 bits per heavy atom. The summed E-state index contributed by atoms with van der Waals surface area (Å²) in [7, 11) is 0. The van der Waals surface area contributed by atoms with Gasteiger partial charge in [0.1, 0.15) is 0 Å². The SMILES string of the molecule is N#CC(CN1CCNCC12CCCCC2)c1ccccc1. The molecule has 0 bridgehead atoms. The topological polar surface area (TPSA) is 39.1 Å².